The zero-order valence-corrected chi connectivity index (χ0v) is 12.6. The molecule has 0 saturated heterocycles. The number of nitrogens with zero attached hydrogens (tertiary/aromatic N) is 1. The van der Waals surface area contributed by atoms with Gasteiger partial charge in [-0.2, -0.15) is 5.10 Å². The number of fused-ring (bicyclic) bond motifs is 1. The summed E-state index contributed by atoms with van der Waals surface area (Å²) in [6.45, 7) is 0. The van der Waals surface area contributed by atoms with Crippen molar-refractivity contribution in [1.29, 1.82) is 0 Å². The second kappa shape index (κ2) is 6.05. The van der Waals surface area contributed by atoms with Crippen LogP contribution in [0, 0.1) is 11.8 Å². The monoisotopic (exact) mass is 298 g/mol. The van der Waals surface area contributed by atoms with Gasteiger partial charge in [-0.3, -0.25) is 4.79 Å². The molecule has 1 aromatic rings. The van der Waals surface area contributed by atoms with Gasteiger partial charge >= 0.3 is 0 Å². The minimum atomic E-state index is -0.169. The van der Waals surface area contributed by atoms with Crippen LogP contribution < -0.4 is 14.9 Å². The first-order valence-corrected chi connectivity index (χ1v) is 7.15. The first-order chi connectivity index (χ1) is 10.7. The van der Waals surface area contributed by atoms with E-state index in [0.717, 1.165) is 11.3 Å². The molecule has 1 amide bonds. The largest absolute Gasteiger partial charge is 0.493 e. The van der Waals surface area contributed by atoms with Crippen LogP contribution in [-0.4, -0.2) is 25.8 Å². The number of allylic oxidation sites excluding steroid dienone is 3. The number of ether oxygens (including phenoxy) is 2. The molecule has 2 atom stereocenters. The van der Waals surface area contributed by atoms with Crippen molar-refractivity contribution in [1.82, 2.24) is 5.43 Å². The lowest BCUT2D eigenvalue weighted by atomic mass is 9.81. The predicted octanol–water partition coefficient (Wildman–Crippen LogP) is 2.09. The number of carbonyl (C=O) groups is 1. The minimum absolute atomic E-state index is 0.0202. The Morgan fingerprint density at radius 3 is 2.55 bits per heavy atom. The minimum Gasteiger partial charge on any atom is -0.493 e. The van der Waals surface area contributed by atoms with Crippen LogP contribution in [0.4, 0.5) is 0 Å². The summed E-state index contributed by atoms with van der Waals surface area (Å²) in [4.78, 5) is 11.9. The molecule has 5 nitrogen and oxygen atoms in total. The Morgan fingerprint density at radius 1 is 1.09 bits per heavy atom. The molecule has 2 unspecified atom stereocenters. The van der Waals surface area contributed by atoms with Crippen molar-refractivity contribution in [3.05, 3.63) is 48.1 Å². The second-order valence-corrected chi connectivity index (χ2v) is 5.27. The molecule has 1 heterocycles. The van der Waals surface area contributed by atoms with E-state index in [1.54, 1.807) is 14.2 Å². The van der Waals surface area contributed by atoms with E-state index in [0.29, 0.717) is 17.9 Å². The van der Waals surface area contributed by atoms with Crippen molar-refractivity contribution in [3.8, 4) is 11.5 Å². The third-order valence-electron chi connectivity index (χ3n) is 3.97. The Morgan fingerprint density at radius 2 is 1.82 bits per heavy atom. The Bertz CT molecular complexity index is 676. The highest BCUT2D eigenvalue weighted by Gasteiger charge is 2.33. The zero-order chi connectivity index (χ0) is 15.5. The number of benzene rings is 1. The van der Waals surface area contributed by atoms with Crippen LogP contribution in [0.5, 0.6) is 11.5 Å². The second-order valence-electron chi connectivity index (χ2n) is 5.27. The maximum absolute atomic E-state index is 11.9. The van der Waals surface area contributed by atoms with Crippen molar-refractivity contribution >= 4 is 11.6 Å². The van der Waals surface area contributed by atoms with E-state index in [1.807, 2.05) is 42.5 Å². The van der Waals surface area contributed by atoms with Gasteiger partial charge < -0.3 is 9.47 Å². The molecule has 1 aliphatic heterocycles. The molecule has 0 saturated carbocycles. The first kappa shape index (κ1) is 14.4. The van der Waals surface area contributed by atoms with E-state index in [1.165, 1.54) is 0 Å². The average molecular weight is 298 g/mol. The molecule has 5 heteroatoms. The lowest BCUT2D eigenvalue weighted by Crippen LogP contribution is -2.41. The molecule has 3 rings (SSSR count). The molecule has 0 bridgehead atoms. The fourth-order valence-corrected chi connectivity index (χ4v) is 2.81. The van der Waals surface area contributed by atoms with Gasteiger partial charge in [0.15, 0.2) is 11.5 Å². The van der Waals surface area contributed by atoms with E-state index in [4.69, 9.17) is 9.47 Å². The average Bonchev–Trinajstić information content (AvgIpc) is 2.57. The van der Waals surface area contributed by atoms with Crippen LogP contribution >= 0.6 is 0 Å². The number of hydrogen-bond acceptors (Lipinski definition) is 4. The van der Waals surface area contributed by atoms with Crippen LogP contribution in [0.15, 0.2) is 47.6 Å². The third kappa shape index (κ3) is 2.62. The van der Waals surface area contributed by atoms with Crippen LogP contribution in [-0.2, 0) is 11.2 Å². The number of hydrazone groups is 1. The van der Waals surface area contributed by atoms with Gasteiger partial charge in [-0.15, -0.1) is 0 Å². The summed E-state index contributed by atoms with van der Waals surface area (Å²) in [5, 5.41) is 4.25. The highest BCUT2D eigenvalue weighted by atomic mass is 16.5. The maximum atomic E-state index is 11.9. The summed E-state index contributed by atoms with van der Waals surface area (Å²) in [5.41, 5.74) is 4.62. The molecule has 0 radical (unpaired) electrons. The van der Waals surface area contributed by atoms with E-state index in [9.17, 15) is 4.79 Å². The number of nitrogens with one attached hydrogen (secondary N) is 1. The lowest BCUT2D eigenvalue weighted by molar-refractivity contribution is -0.124. The summed E-state index contributed by atoms with van der Waals surface area (Å²) < 4.78 is 10.6. The highest BCUT2D eigenvalue weighted by Crippen LogP contribution is 2.30. The van der Waals surface area contributed by atoms with Crippen LogP contribution in [0.25, 0.3) is 0 Å². The van der Waals surface area contributed by atoms with Gasteiger partial charge in [0.25, 0.3) is 0 Å². The Hall–Kier alpha value is -2.56. The Labute approximate surface area is 129 Å². The number of rotatable bonds is 4. The number of methoxy groups -OCH3 is 2. The summed E-state index contributed by atoms with van der Waals surface area (Å²) in [6, 6.07) is 5.80. The van der Waals surface area contributed by atoms with E-state index >= 15 is 0 Å². The molecule has 0 fully saturated rings. The SMILES string of the molecule is COc1ccc(CC2=NNC(=O)C3C=CC=CC23)cc1OC. The van der Waals surface area contributed by atoms with Gasteiger partial charge in [-0.25, -0.2) is 5.43 Å². The fraction of sp³-hybridized carbons (Fsp3) is 0.294. The molecule has 1 aliphatic carbocycles. The third-order valence-corrected chi connectivity index (χ3v) is 3.97. The molecule has 1 N–H and O–H groups in total. The summed E-state index contributed by atoms with van der Waals surface area (Å²) in [5.74, 6) is 1.19. The fourth-order valence-electron chi connectivity index (χ4n) is 2.81. The number of carbonyl (C=O) groups excluding carboxylic acids is 1. The molecule has 0 aromatic heterocycles. The van der Waals surface area contributed by atoms with Crippen LogP contribution in [0.2, 0.25) is 0 Å². The molecule has 114 valence electrons. The molecule has 1 aromatic carbocycles. The van der Waals surface area contributed by atoms with Crippen molar-refractivity contribution in [3.63, 3.8) is 0 Å². The quantitative estimate of drug-likeness (QED) is 0.926. The predicted molar refractivity (Wildman–Crippen MR) is 84.1 cm³/mol. The van der Waals surface area contributed by atoms with E-state index < -0.39 is 0 Å². The maximum Gasteiger partial charge on any atom is 0.247 e. The van der Waals surface area contributed by atoms with Gasteiger partial charge in [0.2, 0.25) is 5.91 Å². The van der Waals surface area contributed by atoms with E-state index in [2.05, 4.69) is 10.5 Å². The molecule has 22 heavy (non-hydrogen) atoms. The van der Waals surface area contributed by atoms with Crippen molar-refractivity contribution in [2.75, 3.05) is 14.2 Å². The van der Waals surface area contributed by atoms with Gasteiger partial charge in [-0.1, -0.05) is 30.4 Å². The normalized spacial score (nSPS) is 22.6. The Balaban J connectivity index is 1.85. The summed E-state index contributed by atoms with van der Waals surface area (Å²) >= 11 is 0. The van der Waals surface area contributed by atoms with Crippen LogP contribution in [0.1, 0.15) is 5.56 Å². The van der Waals surface area contributed by atoms with Gasteiger partial charge in [-0.05, 0) is 17.7 Å². The van der Waals surface area contributed by atoms with Crippen molar-refractivity contribution < 1.29 is 14.3 Å². The zero-order valence-electron chi connectivity index (χ0n) is 12.6. The first-order valence-electron chi connectivity index (χ1n) is 7.15. The van der Waals surface area contributed by atoms with Crippen molar-refractivity contribution in [2.45, 2.75) is 6.42 Å². The van der Waals surface area contributed by atoms with Crippen molar-refractivity contribution in [2.24, 2.45) is 16.9 Å². The summed E-state index contributed by atoms with van der Waals surface area (Å²) in [6.07, 6.45) is 8.47. The molecule has 2 aliphatic rings. The lowest BCUT2D eigenvalue weighted by Gasteiger charge is -2.28. The Kier molecular flexibility index (Phi) is 3.96. The topological polar surface area (TPSA) is 59.9 Å². The summed E-state index contributed by atoms with van der Waals surface area (Å²) in [7, 11) is 3.23. The van der Waals surface area contributed by atoms with Gasteiger partial charge in [0.1, 0.15) is 0 Å². The highest BCUT2D eigenvalue weighted by molar-refractivity contribution is 5.99. The molecule has 0 spiro atoms. The van der Waals surface area contributed by atoms with Crippen LogP contribution in [0.3, 0.4) is 0 Å². The van der Waals surface area contributed by atoms with Gasteiger partial charge in [0, 0.05) is 12.3 Å². The standard InChI is InChI=1S/C17H18N2O3/c1-21-15-8-7-11(10-16(15)22-2)9-14-12-5-3-4-6-13(12)17(20)19-18-14/h3-8,10,12-13H,9H2,1-2H3,(H,19,20). The number of hydrogen-bond donors (Lipinski definition) is 1. The van der Waals surface area contributed by atoms with E-state index in [-0.39, 0.29) is 17.7 Å². The molecular formula is C17H18N2O3. The molecular weight excluding hydrogens is 280 g/mol. The number of amides is 1. The van der Waals surface area contributed by atoms with Gasteiger partial charge in [0.05, 0.1) is 25.8 Å². The smallest absolute Gasteiger partial charge is 0.247 e.